The molecule has 12 heavy (non-hydrogen) atoms. The first-order valence-electron chi connectivity index (χ1n) is 3.92. The smallest absolute Gasteiger partial charge is 0.330 e. The Morgan fingerprint density at radius 3 is 2.92 bits per heavy atom. The first kappa shape index (κ1) is 11.1. The molecule has 4 nitrogen and oxygen atoms in total. The minimum absolute atomic E-state index is 0.180. The van der Waals surface area contributed by atoms with Crippen molar-refractivity contribution in [1.29, 1.82) is 0 Å². The number of hydrogen-bond donors (Lipinski definition) is 2. The molecule has 0 fully saturated rings. The summed E-state index contributed by atoms with van der Waals surface area (Å²) in [5.41, 5.74) is 0. The zero-order chi connectivity index (χ0) is 9.23. The minimum atomic E-state index is -0.404. The lowest BCUT2D eigenvalue weighted by atomic mass is 10.4. The van der Waals surface area contributed by atoms with Gasteiger partial charge in [0.1, 0.15) is 6.61 Å². The fraction of sp³-hybridized carbons (Fsp3) is 0.625. The Labute approximate surface area is 72.2 Å². The number of rotatable bonds is 7. The molecule has 0 amide bonds. The zero-order valence-electron chi connectivity index (χ0n) is 7.08. The van der Waals surface area contributed by atoms with Crippen molar-refractivity contribution in [3.05, 3.63) is 12.7 Å². The van der Waals surface area contributed by atoms with E-state index < -0.39 is 5.97 Å². The van der Waals surface area contributed by atoms with E-state index in [1.807, 2.05) is 0 Å². The predicted molar refractivity (Wildman–Crippen MR) is 45.7 cm³/mol. The van der Waals surface area contributed by atoms with Crippen LogP contribution in [0, 0.1) is 0 Å². The number of ether oxygens (including phenoxy) is 1. The maximum Gasteiger partial charge on any atom is 0.330 e. The highest BCUT2D eigenvalue weighted by Gasteiger charge is 1.93. The lowest BCUT2D eigenvalue weighted by Crippen LogP contribution is -2.22. The van der Waals surface area contributed by atoms with Crippen molar-refractivity contribution in [2.24, 2.45) is 0 Å². The van der Waals surface area contributed by atoms with Crippen LogP contribution in [0.2, 0.25) is 0 Å². The molecule has 4 heteroatoms. The second-order valence-corrected chi connectivity index (χ2v) is 2.20. The van der Waals surface area contributed by atoms with Gasteiger partial charge in [0.15, 0.2) is 0 Å². The van der Waals surface area contributed by atoms with Crippen LogP contribution in [-0.4, -0.2) is 37.4 Å². The van der Waals surface area contributed by atoms with Crippen LogP contribution in [0.4, 0.5) is 0 Å². The molecule has 0 radical (unpaired) electrons. The third-order valence-electron chi connectivity index (χ3n) is 1.20. The first-order chi connectivity index (χ1) is 5.81. The second kappa shape index (κ2) is 8.23. The lowest BCUT2D eigenvalue weighted by molar-refractivity contribution is -0.137. The summed E-state index contributed by atoms with van der Waals surface area (Å²) in [6.45, 7) is 5.13. The van der Waals surface area contributed by atoms with Gasteiger partial charge >= 0.3 is 5.97 Å². The molecule has 0 aromatic heterocycles. The molecule has 0 spiro atoms. The summed E-state index contributed by atoms with van der Waals surface area (Å²) in [6, 6.07) is 0. The molecule has 0 bridgehead atoms. The van der Waals surface area contributed by atoms with E-state index in [4.69, 9.17) is 5.11 Å². The number of aliphatic hydroxyl groups excluding tert-OH is 1. The largest absolute Gasteiger partial charge is 0.461 e. The number of nitrogens with one attached hydrogen (secondary N) is 1. The van der Waals surface area contributed by atoms with Crippen molar-refractivity contribution in [2.75, 3.05) is 26.3 Å². The van der Waals surface area contributed by atoms with Gasteiger partial charge in [0, 0.05) is 19.2 Å². The number of esters is 1. The molecule has 70 valence electrons. The highest BCUT2D eigenvalue weighted by Crippen LogP contribution is 1.77. The molecule has 0 saturated carbocycles. The first-order valence-corrected chi connectivity index (χ1v) is 3.92. The Bertz CT molecular complexity index is 136. The molecule has 0 saturated heterocycles. The van der Waals surface area contributed by atoms with Gasteiger partial charge in [0.2, 0.25) is 0 Å². The van der Waals surface area contributed by atoms with E-state index in [1.165, 1.54) is 0 Å². The fourth-order valence-electron chi connectivity index (χ4n) is 0.612. The average Bonchev–Trinajstić information content (AvgIpc) is 2.10. The van der Waals surface area contributed by atoms with Gasteiger partial charge in [-0.3, -0.25) is 0 Å². The third kappa shape index (κ3) is 7.24. The minimum Gasteiger partial charge on any atom is -0.461 e. The van der Waals surface area contributed by atoms with Crippen LogP contribution in [-0.2, 0) is 9.53 Å². The molecule has 0 aliphatic carbocycles. The second-order valence-electron chi connectivity index (χ2n) is 2.20. The van der Waals surface area contributed by atoms with Gasteiger partial charge in [0.05, 0.1) is 0 Å². The summed E-state index contributed by atoms with van der Waals surface area (Å²) in [6.07, 6.45) is 1.85. The number of carbonyl (C=O) groups is 1. The average molecular weight is 173 g/mol. The molecular formula is C8H15NO3. The van der Waals surface area contributed by atoms with Gasteiger partial charge in [-0.15, -0.1) is 0 Å². The Morgan fingerprint density at radius 1 is 1.58 bits per heavy atom. The maximum atomic E-state index is 10.5. The number of hydrogen-bond acceptors (Lipinski definition) is 4. The van der Waals surface area contributed by atoms with Crippen molar-refractivity contribution >= 4 is 5.97 Å². The summed E-state index contributed by atoms with van der Waals surface area (Å²) in [7, 11) is 0. The third-order valence-corrected chi connectivity index (χ3v) is 1.20. The normalized spacial score (nSPS) is 9.42. The lowest BCUT2D eigenvalue weighted by Gasteiger charge is -2.03. The van der Waals surface area contributed by atoms with E-state index in [0.29, 0.717) is 13.2 Å². The van der Waals surface area contributed by atoms with Crippen LogP contribution in [0.1, 0.15) is 6.42 Å². The van der Waals surface area contributed by atoms with E-state index >= 15 is 0 Å². The van der Waals surface area contributed by atoms with Crippen molar-refractivity contribution in [2.45, 2.75) is 6.42 Å². The standard InChI is InChI=1S/C8H15NO3/c1-2-8(11)12-7-5-9-4-3-6-10/h2,9-10H,1,3-7H2. The molecule has 0 rings (SSSR count). The fourth-order valence-corrected chi connectivity index (χ4v) is 0.612. The molecule has 0 aromatic rings. The molecular weight excluding hydrogens is 158 g/mol. The van der Waals surface area contributed by atoms with Crippen molar-refractivity contribution in [3.63, 3.8) is 0 Å². The summed E-state index contributed by atoms with van der Waals surface area (Å²) >= 11 is 0. The maximum absolute atomic E-state index is 10.5. The number of aliphatic hydroxyl groups is 1. The molecule has 0 aromatic carbocycles. The van der Waals surface area contributed by atoms with Crippen LogP contribution >= 0.6 is 0 Å². The summed E-state index contributed by atoms with van der Waals surface area (Å²) < 4.78 is 4.69. The predicted octanol–water partition coefficient (Wildman–Crippen LogP) is -0.312. The van der Waals surface area contributed by atoms with Gasteiger partial charge < -0.3 is 15.2 Å². The summed E-state index contributed by atoms with van der Waals surface area (Å²) in [5, 5.41) is 11.4. The molecule has 0 aliphatic rings. The van der Waals surface area contributed by atoms with Crippen molar-refractivity contribution < 1.29 is 14.6 Å². The van der Waals surface area contributed by atoms with E-state index in [9.17, 15) is 4.79 Å². The topological polar surface area (TPSA) is 58.6 Å². The highest BCUT2D eigenvalue weighted by molar-refractivity contribution is 5.81. The van der Waals surface area contributed by atoms with E-state index in [-0.39, 0.29) is 6.61 Å². The summed E-state index contributed by atoms with van der Waals surface area (Å²) in [5.74, 6) is -0.404. The monoisotopic (exact) mass is 173 g/mol. The van der Waals surface area contributed by atoms with Crippen LogP contribution in [0.3, 0.4) is 0 Å². The van der Waals surface area contributed by atoms with E-state index in [2.05, 4.69) is 16.6 Å². The highest BCUT2D eigenvalue weighted by atomic mass is 16.5. The van der Waals surface area contributed by atoms with Crippen LogP contribution in [0.25, 0.3) is 0 Å². The van der Waals surface area contributed by atoms with Gasteiger partial charge in [0.25, 0.3) is 0 Å². The molecule has 0 atom stereocenters. The Hall–Kier alpha value is -0.870. The summed E-state index contributed by atoms with van der Waals surface area (Å²) in [4.78, 5) is 10.5. The van der Waals surface area contributed by atoms with Crippen LogP contribution in [0.15, 0.2) is 12.7 Å². The Morgan fingerprint density at radius 2 is 2.33 bits per heavy atom. The van der Waals surface area contributed by atoms with Gasteiger partial charge in [-0.1, -0.05) is 6.58 Å². The number of carbonyl (C=O) groups excluding carboxylic acids is 1. The molecule has 0 heterocycles. The van der Waals surface area contributed by atoms with E-state index in [0.717, 1.165) is 19.0 Å². The Balaban J connectivity index is 3.00. The Kier molecular flexibility index (Phi) is 7.63. The van der Waals surface area contributed by atoms with E-state index in [1.54, 1.807) is 0 Å². The van der Waals surface area contributed by atoms with Crippen LogP contribution < -0.4 is 5.32 Å². The van der Waals surface area contributed by atoms with Gasteiger partial charge in [-0.05, 0) is 13.0 Å². The molecule has 0 unspecified atom stereocenters. The van der Waals surface area contributed by atoms with Gasteiger partial charge in [-0.2, -0.15) is 0 Å². The van der Waals surface area contributed by atoms with Crippen molar-refractivity contribution in [3.8, 4) is 0 Å². The van der Waals surface area contributed by atoms with Crippen LogP contribution in [0.5, 0.6) is 0 Å². The SMILES string of the molecule is C=CC(=O)OCCNCCCO. The zero-order valence-corrected chi connectivity index (χ0v) is 7.08. The van der Waals surface area contributed by atoms with Crippen molar-refractivity contribution in [1.82, 2.24) is 5.32 Å². The molecule has 0 aliphatic heterocycles. The molecule has 2 N–H and O–H groups in total. The quantitative estimate of drug-likeness (QED) is 0.315. The van der Waals surface area contributed by atoms with Gasteiger partial charge in [-0.25, -0.2) is 4.79 Å².